The fourth-order valence-electron chi connectivity index (χ4n) is 5.53. The molecule has 1 atom stereocenters. The van der Waals surface area contributed by atoms with Crippen molar-refractivity contribution in [1.82, 2.24) is 19.8 Å². The maximum absolute atomic E-state index is 14.2. The molecule has 1 saturated heterocycles. The predicted octanol–water partition coefficient (Wildman–Crippen LogP) is 3.88. The largest absolute Gasteiger partial charge is 0.374 e. The number of benzene rings is 3. The summed E-state index contributed by atoms with van der Waals surface area (Å²) in [4.78, 5) is 26.8. The first kappa shape index (κ1) is 34.1. The number of likely N-dealkylation sites (tertiary alicyclic amines) is 1. The summed E-state index contributed by atoms with van der Waals surface area (Å²) in [5.41, 5.74) is -1.04. The molecule has 3 N–H and O–H groups in total. The summed E-state index contributed by atoms with van der Waals surface area (Å²) in [5, 5.41) is 19.3. The minimum absolute atomic E-state index is 0.0224. The van der Waals surface area contributed by atoms with Crippen LogP contribution in [0.5, 0.6) is 0 Å². The van der Waals surface area contributed by atoms with Crippen LogP contribution in [0, 0.1) is 17.9 Å². The van der Waals surface area contributed by atoms with Crippen molar-refractivity contribution >= 4 is 32.6 Å². The van der Waals surface area contributed by atoms with Crippen LogP contribution < -0.4 is 10.6 Å². The number of nitrogens with zero attached hydrogens (tertiary/aromatic N) is 2. The van der Waals surface area contributed by atoms with E-state index in [9.17, 15) is 23.1 Å². The highest BCUT2D eigenvalue weighted by atomic mass is 32.2. The molecule has 0 spiro atoms. The Hall–Kier alpha value is -3.75. The number of amides is 2. The van der Waals surface area contributed by atoms with Crippen LogP contribution in [-0.4, -0.2) is 73.0 Å². The molecule has 1 unspecified atom stereocenters. The molecule has 1 fully saturated rings. The van der Waals surface area contributed by atoms with Crippen molar-refractivity contribution in [1.29, 1.82) is 0 Å². The van der Waals surface area contributed by atoms with E-state index in [-0.39, 0.29) is 61.4 Å². The second-order valence-corrected chi connectivity index (χ2v) is 13.9. The zero-order chi connectivity index (χ0) is 32.3. The number of carbonyl (C=O) groups is 2. The normalized spacial score (nSPS) is 15.0. The second-order valence-electron chi connectivity index (χ2n) is 12.0. The summed E-state index contributed by atoms with van der Waals surface area (Å²) < 4.78 is 29.6. The van der Waals surface area contributed by atoms with E-state index >= 15 is 0 Å². The first-order valence-electron chi connectivity index (χ1n) is 15.6. The summed E-state index contributed by atoms with van der Waals surface area (Å²) in [6, 6.07) is 24.4. The van der Waals surface area contributed by atoms with Gasteiger partial charge in [0.25, 0.3) is 0 Å². The first-order valence-corrected chi connectivity index (χ1v) is 17.0. The topological polar surface area (TPSA) is 119 Å². The van der Waals surface area contributed by atoms with Crippen molar-refractivity contribution in [2.24, 2.45) is 5.92 Å². The zero-order valence-corrected chi connectivity index (χ0v) is 27.0. The van der Waals surface area contributed by atoms with Gasteiger partial charge in [0.2, 0.25) is 21.8 Å². The van der Waals surface area contributed by atoms with E-state index in [1.165, 1.54) is 4.31 Å². The number of rotatable bonds is 14. The highest BCUT2D eigenvalue weighted by molar-refractivity contribution is 7.89. The van der Waals surface area contributed by atoms with Crippen LogP contribution in [0.1, 0.15) is 51.5 Å². The molecule has 1 aliphatic heterocycles. The van der Waals surface area contributed by atoms with Crippen LogP contribution in [0.4, 0.5) is 0 Å². The fraction of sp³-hybridized carbons (Fsp3) is 0.429. The van der Waals surface area contributed by atoms with Gasteiger partial charge in [-0.25, -0.2) is 8.42 Å². The quantitative estimate of drug-likeness (QED) is 0.141. The lowest BCUT2D eigenvalue weighted by Crippen LogP contribution is -2.55. The van der Waals surface area contributed by atoms with E-state index in [1.54, 1.807) is 18.2 Å². The molecule has 4 rings (SSSR count). The van der Waals surface area contributed by atoms with Gasteiger partial charge in [0.05, 0.1) is 11.4 Å². The molecule has 2 amide bonds. The van der Waals surface area contributed by atoms with Crippen LogP contribution in [0.25, 0.3) is 10.8 Å². The molecule has 3 aromatic rings. The highest BCUT2D eigenvalue weighted by Gasteiger charge is 2.43. The molecular formula is C35H44N4O5S. The number of fused-ring (bicyclic) bond motifs is 1. The van der Waals surface area contributed by atoms with Gasteiger partial charge in [-0.3, -0.25) is 19.8 Å². The SMILES string of the molecule is CC(C)CN(C(O)(CCNC(=O)CCC#CNC(=O)CN1CCCC1)Cc1ccccc1)S(=O)(=O)c1ccc2ccccc2c1. The number of nitrogens with one attached hydrogen (secondary N) is 2. The third-order valence-electron chi connectivity index (χ3n) is 7.82. The summed E-state index contributed by atoms with van der Waals surface area (Å²) in [7, 11) is -4.14. The van der Waals surface area contributed by atoms with Crippen molar-refractivity contribution in [3.63, 3.8) is 0 Å². The zero-order valence-electron chi connectivity index (χ0n) is 26.2. The Labute approximate surface area is 267 Å². The number of sulfonamides is 1. The highest BCUT2D eigenvalue weighted by Crippen LogP contribution is 2.31. The van der Waals surface area contributed by atoms with Crippen LogP contribution >= 0.6 is 0 Å². The molecule has 1 aliphatic rings. The van der Waals surface area contributed by atoms with Crippen molar-refractivity contribution in [3.05, 3.63) is 78.4 Å². The Morgan fingerprint density at radius 3 is 2.38 bits per heavy atom. The molecular weight excluding hydrogens is 588 g/mol. The summed E-state index contributed by atoms with van der Waals surface area (Å²) in [6.45, 7) is 6.13. The molecule has 9 nitrogen and oxygen atoms in total. The Morgan fingerprint density at radius 2 is 1.67 bits per heavy atom. The molecule has 1 heterocycles. The third-order valence-corrected chi connectivity index (χ3v) is 9.73. The lowest BCUT2D eigenvalue weighted by Gasteiger charge is -2.40. The Balaban J connectivity index is 1.44. The van der Waals surface area contributed by atoms with Gasteiger partial charge >= 0.3 is 0 Å². The summed E-state index contributed by atoms with van der Waals surface area (Å²) in [5.74, 6) is 2.29. The van der Waals surface area contributed by atoms with E-state index in [4.69, 9.17) is 0 Å². The molecule has 45 heavy (non-hydrogen) atoms. The second kappa shape index (κ2) is 16.0. The first-order chi connectivity index (χ1) is 21.6. The lowest BCUT2D eigenvalue weighted by atomic mass is 9.98. The fourth-order valence-corrected chi connectivity index (χ4v) is 7.40. The van der Waals surface area contributed by atoms with Crippen molar-refractivity contribution < 1.29 is 23.1 Å². The van der Waals surface area contributed by atoms with Gasteiger partial charge in [0, 0.05) is 44.8 Å². The molecule has 3 aromatic carbocycles. The van der Waals surface area contributed by atoms with Crippen LogP contribution in [-0.2, 0) is 26.0 Å². The average Bonchev–Trinajstić information content (AvgIpc) is 3.52. The Bertz CT molecular complexity index is 1610. The number of hydrogen-bond acceptors (Lipinski definition) is 6. The minimum Gasteiger partial charge on any atom is -0.374 e. The van der Waals surface area contributed by atoms with Gasteiger partial charge < -0.3 is 10.4 Å². The Kier molecular flexibility index (Phi) is 12.1. The van der Waals surface area contributed by atoms with E-state index in [1.807, 2.05) is 68.4 Å². The predicted molar refractivity (Wildman–Crippen MR) is 176 cm³/mol. The van der Waals surface area contributed by atoms with Gasteiger partial charge in [0.1, 0.15) is 5.72 Å². The van der Waals surface area contributed by atoms with E-state index in [0.717, 1.165) is 42.3 Å². The molecule has 0 aliphatic carbocycles. The Morgan fingerprint density at radius 1 is 0.978 bits per heavy atom. The van der Waals surface area contributed by atoms with Crippen LogP contribution in [0.2, 0.25) is 0 Å². The minimum atomic E-state index is -4.14. The molecule has 0 bridgehead atoms. The van der Waals surface area contributed by atoms with Crippen molar-refractivity contribution in [2.45, 2.75) is 63.0 Å². The van der Waals surface area contributed by atoms with Crippen molar-refractivity contribution in [3.8, 4) is 12.0 Å². The monoisotopic (exact) mass is 632 g/mol. The average molecular weight is 633 g/mol. The maximum Gasteiger partial charge on any atom is 0.245 e. The van der Waals surface area contributed by atoms with Crippen molar-refractivity contribution in [2.75, 3.05) is 32.7 Å². The lowest BCUT2D eigenvalue weighted by molar-refractivity contribution is -0.122. The molecule has 0 aromatic heterocycles. The van der Waals surface area contributed by atoms with Gasteiger partial charge in [-0.15, -0.1) is 0 Å². The standard InChI is InChI=1S/C35H44N4O5S/c1-28(2)26-39(45(43,44)32-18-17-30-14-6-7-15-31(30)24-32)35(42,25-29-12-4-3-5-13-29)19-21-37-33(40)16-8-9-20-36-34(41)27-38-22-10-11-23-38/h3-7,12-15,17-18,24,28,42H,8,10-11,16,19,21-23,25-27H2,1-2H3,(H,36,41)(H,37,40). The summed E-state index contributed by atoms with van der Waals surface area (Å²) >= 11 is 0. The van der Waals surface area contributed by atoms with E-state index in [2.05, 4.69) is 27.5 Å². The molecule has 0 radical (unpaired) electrons. The number of carbonyl (C=O) groups excluding carboxylic acids is 2. The molecule has 240 valence electrons. The number of hydrogen-bond donors (Lipinski definition) is 3. The van der Waals surface area contributed by atoms with E-state index in [0.29, 0.717) is 6.54 Å². The van der Waals surface area contributed by atoms with Gasteiger partial charge in [-0.1, -0.05) is 80.4 Å². The third kappa shape index (κ3) is 9.87. The smallest absolute Gasteiger partial charge is 0.245 e. The van der Waals surface area contributed by atoms with Crippen LogP contribution in [0.15, 0.2) is 77.7 Å². The van der Waals surface area contributed by atoms with E-state index < -0.39 is 15.7 Å². The molecule has 10 heteroatoms. The molecule has 0 saturated carbocycles. The maximum atomic E-state index is 14.2. The van der Waals surface area contributed by atoms with Gasteiger partial charge in [0.15, 0.2) is 0 Å². The number of aliphatic hydroxyl groups is 1. The summed E-state index contributed by atoms with van der Waals surface area (Å²) in [6.07, 6.45) is 2.59. The van der Waals surface area contributed by atoms with Gasteiger partial charge in [-0.05, 0) is 60.3 Å². The van der Waals surface area contributed by atoms with Gasteiger partial charge in [-0.2, -0.15) is 4.31 Å². The van der Waals surface area contributed by atoms with Crippen LogP contribution in [0.3, 0.4) is 0 Å².